The summed E-state index contributed by atoms with van der Waals surface area (Å²) in [5.41, 5.74) is 17.9. The van der Waals surface area contributed by atoms with Crippen molar-refractivity contribution in [2.45, 2.75) is 12.3 Å². The molecule has 1 atom stereocenters. The fourth-order valence-electron chi connectivity index (χ4n) is 9.38. The third kappa shape index (κ3) is 5.17. The Labute approximate surface area is 335 Å². The Bertz CT molecular complexity index is 3360. The molecule has 1 aliphatic carbocycles. The van der Waals surface area contributed by atoms with Crippen LogP contribution in [0.2, 0.25) is 0 Å². The average molecular weight is 742 g/mol. The van der Waals surface area contributed by atoms with Crippen molar-refractivity contribution in [3.63, 3.8) is 0 Å². The predicted octanol–water partition coefficient (Wildman–Crippen LogP) is 14.6. The van der Waals surface area contributed by atoms with Gasteiger partial charge in [-0.15, -0.1) is 0 Å². The van der Waals surface area contributed by atoms with Gasteiger partial charge in [0.2, 0.25) is 5.89 Å². The van der Waals surface area contributed by atoms with Gasteiger partial charge < -0.3 is 8.83 Å². The van der Waals surface area contributed by atoms with Crippen molar-refractivity contribution in [3.05, 3.63) is 222 Å². The van der Waals surface area contributed by atoms with Crippen molar-refractivity contribution in [3.8, 4) is 44.8 Å². The summed E-state index contributed by atoms with van der Waals surface area (Å²) in [6.45, 7) is 0. The number of aromatic nitrogens is 1. The number of benzene rings is 9. The highest BCUT2D eigenvalue weighted by Gasteiger charge is 2.27. The maximum absolute atomic E-state index is 6.88. The van der Waals surface area contributed by atoms with Crippen molar-refractivity contribution in [1.82, 2.24) is 4.98 Å². The van der Waals surface area contributed by atoms with E-state index in [4.69, 9.17) is 13.8 Å². The number of oxazole rings is 1. The standard InChI is InChI=1S/C55H35NO2/c1-3-13-34(14-4-1)35-25-27-36(28-26-35)51(40-30-29-39-31-38-17-7-8-18-41(38)46(39)32-40)47-33-48-52-43(21-11-23-49(52)57-54(48)45-20-10-9-19-42(45)47)44-22-12-24-50-53(44)56-55(58-50)37-15-5-2-6-16-37/h1-30,32-33,51H,31H2. The van der Waals surface area contributed by atoms with Crippen molar-refractivity contribution in [2.24, 2.45) is 0 Å². The highest BCUT2D eigenvalue weighted by molar-refractivity contribution is 6.21. The Balaban J connectivity index is 1.11. The predicted molar refractivity (Wildman–Crippen MR) is 237 cm³/mol. The first-order valence-corrected chi connectivity index (χ1v) is 19.9. The number of nitrogens with zero attached hydrogens (tertiary/aromatic N) is 1. The normalized spacial score (nSPS) is 12.7. The highest BCUT2D eigenvalue weighted by Crippen LogP contribution is 2.47. The minimum Gasteiger partial charge on any atom is -0.455 e. The van der Waals surface area contributed by atoms with Crippen LogP contribution in [-0.2, 0) is 6.42 Å². The molecule has 3 heteroatoms. The van der Waals surface area contributed by atoms with E-state index in [1.807, 2.05) is 36.4 Å². The van der Waals surface area contributed by atoms with Crippen molar-refractivity contribution >= 4 is 43.8 Å². The van der Waals surface area contributed by atoms with E-state index >= 15 is 0 Å². The molecule has 0 spiro atoms. The van der Waals surface area contributed by atoms with Gasteiger partial charge in [-0.3, -0.25) is 0 Å². The number of rotatable bonds is 6. The summed E-state index contributed by atoms with van der Waals surface area (Å²) in [5.74, 6) is 0.556. The molecule has 1 unspecified atom stereocenters. The topological polar surface area (TPSA) is 39.2 Å². The first kappa shape index (κ1) is 32.7. The summed E-state index contributed by atoms with van der Waals surface area (Å²) in [4.78, 5) is 5.08. The summed E-state index contributed by atoms with van der Waals surface area (Å²) in [6, 6.07) is 69.6. The third-order valence-electron chi connectivity index (χ3n) is 12.1. The van der Waals surface area contributed by atoms with Gasteiger partial charge in [0.15, 0.2) is 5.58 Å². The number of para-hydroxylation sites is 1. The van der Waals surface area contributed by atoms with E-state index in [-0.39, 0.29) is 5.92 Å². The maximum Gasteiger partial charge on any atom is 0.227 e. The zero-order valence-corrected chi connectivity index (χ0v) is 31.5. The molecular weight excluding hydrogens is 707 g/mol. The summed E-state index contributed by atoms with van der Waals surface area (Å²) in [7, 11) is 0. The summed E-state index contributed by atoms with van der Waals surface area (Å²) in [5, 5.41) is 4.43. The van der Waals surface area contributed by atoms with Gasteiger partial charge in [-0.25, -0.2) is 4.98 Å². The molecule has 0 bridgehead atoms. The van der Waals surface area contributed by atoms with Gasteiger partial charge >= 0.3 is 0 Å². The Morgan fingerprint density at radius 3 is 1.88 bits per heavy atom. The van der Waals surface area contributed by atoms with Crippen LogP contribution >= 0.6 is 0 Å². The Morgan fingerprint density at radius 1 is 0.414 bits per heavy atom. The monoisotopic (exact) mass is 741 g/mol. The summed E-state index contributed by atoms with van der Waals surface area (Å²) in [6.07, 6.45) is 0.964. The van der Waals surface area contributed by atoms with Crippen LogP contribution < -0.4 is 0 Å². The molecule has 0 amide bonds. The molecule has 0 saturated heterocycles. The van der Waals surface area contributed by atoms with Gasteiger partial charge in [-0.2, -0.15) is 0 Å². The number of furan rings is 1. The van der Waals surface area contributed by atoms with E-state index in [1.165, 1.54) is 55.5 Å². The molecule has 2 heterocycles. The van der Waals surface area contributed by atoms with Crippen LogP contribution in [0.25, 0.3) is 88.6 Å². The van der Waals surface area contributed by atoms with Crippen LogP contribution in [0.15, 0.2) is 203 Å². The Hall–Kier alpha value is -7.49. The van der Waals surface area contributed by atoms with Gasteiger partial charge in [-0.05, 0) is 104 Å². The van der Waals surface area contributed by atoms with E-state index in [0.29, 0.717) is 5.89 Å². The molecule has 3 nitrogen and oxygen atoms in total. The van der Waals surface area contributed by atoms with E-state index in [9.17, 15) is 0 Å². The first-order valence-electron chi connectivity index (χ1n) is 19.9. The minimum absolute atomic E-state index is 0.0540. The lowest BCUT2D eigenvalue weighted by Crippen LogP contribution is -2.05. The molecule has 0 aliphatic heterocycles. The molecule has 272 valence electrons. The lowest BCUT2D eigenvalue weighted by molar-refractivity contribution is 0.620. The van der Waals surface area contributed by atoms with Crippen LogP contribution in [0.3, 0.4) is 0 Å². The second-order valence-corrected chi connectivity index (χ2v) is 15.4. The minimum atomic E-state index is -0.0540. The van der Waals surface area contributed by atoms with E-state index in [0.717, 1.165) is 61.5 Å². The van der Waals surface area contributed by atoms with Gasteiger partial charge in [0.1, 0.15) is 16.7 Å². The van der Waals surface area contributed by atoms with Crippen LogP contribution in [-0.4, -0.2) is 4.98 Å². The first-order chi connectivity index (χ1) is 28.7. The van der Waals surface area contributed by atoms with Gasteiger partial charge in [0.05, 0.1) is 0 Å². The third-order valence-corrected chi connectivity index (χ3v) is 12.1. The van der Waals surface area contributed by atoms with Gasteiger partial charge in [0.25, 0.3) is 0 Å². The molecule has 0 fully saturated rings. The smallest absolute Gasteiger partial charge is 0.227 e. The fourth-order valence-corrected chi connectivity index (χ4v) is 9.38. The van der Waals surface area contributed by atoms with Crippen molar-refractivity contribution in [2.75, 3.05) is 0 Å². The number of fused-ring (bicyclic) bond motifs is 9. The summed E-state index contributed by atoms with van der Waals surface area (Å²) < 4.78 is 13.2. The summed E-state index contributed by atoms with van der Waals surface area (Å²) >= 11 is 0. The largest absolute Gasteiger partial charge is 0.455 e. The maximum atomic E-state index is 6.88. The van der Waals surface area contributed by atoms with Crippen LogP contribution in [0.1, 0.15) is 33.7 Å². The average Bonchev–Trinajstić information content (AvgIpc) is 4.01. The number of hydrogen-bond acceptors (Lipinski definition) is 3. The zero-order valence-electron chi connectivity index (χ0n) is 31.5. The molecule has 0 saturated carbocycles. The molecule has 58 heavy (non-hydrogen) atoms. The molecule has 2 aromatic heterocycles. The lowest BCUT2D eigenvalue weighted by Gasteiger charge is -2.23. The van der Waals surface area contributed by atoms with Gasteiger partial charge in [-0.1, -0.05) is 158 Å². The van der Waals surface area contributed by atoms with E-state index in [1.54, 1.807) is 0 Å². The molecule has 9 aromatic carbocycles. The van der Waals surface area contributed by atoms with Crippen molar-refractivity contribution in [1.29, 1.82) is 0 Å². The fraction of sp³-hybridized carbons (Fsp3) is 0.0364. The highest BCUT2D eigenvalue weighted by atomic mass is 16.3. The molecule has 0 radical (unpaired) electrons. The van der Waals surface area contributed by atoms with Crippen molar-refractivity contribution < 1.29 is 8.83 Å². The molecule has 1 aliphatic rings. The van der Waals surface area contributed by atoms with Crippen LogP contribution in [0, 0.1) is 0 Å². The quantitative estimate of drug-likeness (QED) is 0.159. The molecule has 0 N–H and O–H groups in total. The molecular formula is C55H35NO2. The van der Waals surface area contributed by atoms with Gasteiger partial charge in [0, 0.05) is 33.2 Å². The Kier molecular flexibility index (Phi) is 7.36. The lowest BCUT2D eigenvalue weighted by atomic mass is 9.80. The van der Waals surface area contributed by atoms with E-state index < -0.39 is 0 Å². The SMILES string of the molecule is c1ccc(-c2ccc(C(c3ccc4c(c3)-c3ccccc3C4)c3cc4c(oc5cccc(-c6cccc7oc(-c8ccccc8)nc67)c54)c4ccccc34)cc2)cc1. The molecule has 11 aromatic rings. The second kappa shape index (κ2) is 13.0. The second-order valence-electron chi connectivity index (χ2n) is 15.4. The Morgan fingerprint density at radius 2 is 1.05 bits per heavy atom. The van der Waals surface area contributed by atoms with Crippen LogP contribution in [0.5, 0.6) is 0 Å². The van der Waals surface area contributed by atoms with E-state index in [2.05, 4.69) is 158 Å². The zero-order chi connectivity index (χ0) is 38.2. The van der Waals surface area contributed by atoms with Crippen LogP contribution in [0.4, 0.5) is 0 Å². The number of hydrogen-bond donors (Lipinski definition) is 0. The molecule has 12 rings (SSSR count).